The van der Waals surface area contributed by atoms with Crippen LogP contribution in [0, 0.1) is 5.82 Å². The number of nitrogens with zero attached hydrogens (tertiary/aromatic N) is 2. The van der Waals surface area contributed by atoms with Crippen LogP contribution in [0.25, 0.3) is 22.4 Å². The Labute approximate surface area is 181 Å². The molecule has 31 heavy (non-hydrogen) atoms. The van der Waals surface area contributed by atoms with Crippen molar-refractivity contribution in [2.45, 2.75) is 52.3 Å². The number of H-pyrrole nitrogens is 1. The van der Waals surface area contributed by atoms with Crippen molar-refractivity contribution in [2.24, 2.45) is 0 Å². The fourth-order valence-corrected chi connectivity index (χ4v) is 3.59. The molecule has 0 unspecified atom stereocenters. The highest BCUT2D eigenvalue weighted by molar-refractivity contribution is 6.33. The van der Waals surface area contributed by atoms with Crippen LogP contribution in [0.4, 0.5) is 17.6 Å². The Morgan fingerprint density at radius 2 is 1.94 bits per heavy atom. The minimum atomic E-state index is -4.74. The van der Waals surface area contributed by atoms with Crippen molar-refractivity contribution in [3.05, 3.63) is 52.7 Å². The number of alkyl halides is 3. The van der Waals surface area contributed by atoms with E-state index in [4.69, 9.17) is 16.3 Å². The molecule has 0 saturated carbocycles. The number of aliphatic hydroxyl groups is 1. The van der Waals surface area contributed by atoms with E-state index in [0.717, 1.165) is 6.20 Å². The maximum atomic E-state index is 14.6. The first kappa shape index (κ1) is 23.3. The van der Waals surface area contributed by atoms with Crippen LogP contribution >= 0.6 is 11.6 Å². The van der Waals surface area contributed by atoms with Crippen LogP contribution < -0.4 is 0 Å². The number of benzene rings is 1. The summed E-state index contributed by atoms with van der Waals surface area (Å²) in [6.45, 7) is 4.53. The van der Waals surface area contributed by atoms with Crippen molar-refractivity contribution in [2.75, 3.05) is 0 Å². The van der Waals surface area contributed by atoms with Crippen molar-refractivity contribution in [3.63, 3.8) is 0 Å². The maximum Gasteiger partial charge on any atom is 0.433 e. The molecule has 2 N–H and O–H groups in total. The van der Waals surface area contributed by atoms with E-state index < -0.39 is 23.8 Å². The van der Waals surface area contributed by atoms with Gasteiger partial charge in [0.25, 0.3) is 0 Å². The van der Waals surface area contributed by atoms with E-state index in [0.29, 0.717) is 15.8 Å². The van der Waals surface area contributed by atoms with Gasteiger partial charge in [-0.05, 0) is 32.9 Å². The van der Waals surface area contributed by atoms with E-state index in [2.05, 4.69) is 10.1 Å². The summed E-state index contributed by atoms with van der Waals surface area (Å²) in [5, 5.41) is 13.5. The van der Waals surface area contributed by atoms with E-state index in [1.807, 2.05) is 0 Å². The normalized spacial score (nSPS) is 13.2. The summed E-state index contributed by atoms with van der Waals surface area (Å²) in [5.74, 6) is -0.607. The van der Waals surface area contributed by atoms with Crippen LogP contribution in [0.1, 0.15) is 32.0 Å². The third-order valence-electron chi connectivity index (χ3n) is 4.60. The van der Waals surface area contributed by atoms with Gasteiger partial charge in [0.15, 0.2) is 5.69 Å². The van der Waals surface area contributed by atoms with Gasteiger partial charge in [0.2, 0.25) is 0 Å². The van der Waals surface area contributed by atoms with Gasteiger partial charge in [0.1, 0.15) is 5.82 Å². The summed E-state index contributed by atoms with van der Waals surface area (Å²) in [5.41, 5.74) is -0.461. The van der Waals surface area contributed by atoms with Gasteiger partial charge in [-0.15, -0.1) is 0 Å². The molecule has 0 aliphatic rings. The van der Waals surface area contributed by atoms with E-state index >= 15 is 0 Å². The molecule has 0 saturated heterocycles. The van der Waals surface area contributed by atoms with Crippen molar-refractivity contribution < 1.29 is 27.4 Å². The second-order valence-electron chi connectivity index (χ2n) is 7.45. The molecule has 3 rings (SSSR count). The zero-order chi connectivity index (χ0) is 22.9. The van der Waals surface area contributed by atoms with Gasteiger partial charge in [-0.25, -0.2) is 4.39 Å². The lowest BCUT2D eigenvalue weighted by Crippen LogP contribution is -2.21. The van der Waals surface area contributed by atoms with Crippen molar-refractivity contribution in [1.82, 2.24) is 14.8 Å². The lowest BCUT2D eigenvalue weighted by Gasteiger charge is -2.15. The first-order valence-electron chi connectivity index (χ1n) is 9.58. The molecule has 0 fully saturated rings. The number of ether oxygens (including phenoxy) is 1. The van der Waals surface area contributed by atoms with Crippen molar-refractivity contribution in [1.29, 1.82) is 0 Å². The zero-order valence-corrected chi connectivity index (χ0v) is 17.9. The average molecular weight is 460 g/mol. The van der Waals surface area contributed by atoms with Crippen LogP contribution in [-0.4, -0.2) is 32.1 Å². The van der Waals surface area contributed by atoms with Crippen LogP contribution in [0.3, 0.4) is 0 Å². The monoisotopic (exact) mass is 459 g/mol. The van der Waals surface area contributed by atoms with Gasteiger partial charge < -0.3 is 14.8 Å². The molecule has 1 aromatic carbocycles. The van der Waals surface area contributed by atoms with Crippen LogP contribution in [0.15, 0.2) is 30.6 Å². The number of halogens is 5. The summed E-state index contributed by atoms with van der Waals surface area (Å²) in [6.07, 6.45) is -3.51. The smallest absolute Gasteiger partial charge is 0.391 e. The lowest BCUT2D eigenvalue weighted by atomic mass is 9.99. The zero-order valence-electron chi connectivity index (χ0n) is 17.1. The number of rotatable bonds is 7. The largest absolute Gasteiger partial charge is 0.433 e. The first-order valence-corrected chi connectivity index (χ1v) is 9.96. The van der Waals surface area contributed by atoms with E-state index in [1.165, 1.54) is 31.3 Å². The second-order valence-corrected chi connectivity index (χ2v) is 7.86. The van der Waals surface area contributed by atoms with Gasteiger partial charge in [-0.3, -0.25) is 4.68 Å². The Hall–Kier alpha value is -2.36. The molecular formula is C21H22ClF4N3O2. The maximum absolute atomic E-state index is 14.6. The molecule has 5 nitrogen and oxygen atoms in total. The summed E-state index contributed by atoms with van der Waals surface area (Å²) in [7, 11) is 0. The predicted molar refractivity (Wildman–Crippen MR) is 109 cm³/mol. The summed E-state index contributed by atoms with van der Waals surface area (Å²) in [4.78, 5) is 2.83. The van der Waals surface area contributed by atoms with E-state index in [-0.39, 0.29) is 41.1 Å². The number of aliphatic hydroxyl groups excluding tert-OH is 1. The molecule has 2 aromatic heterocycles. The number of aromatic nitrogens is 3. The van der Waals surface area contributed by atoms with Gasteiger partial charge in [-0.1, -0.05) is 17.7 Å². The molecule has 0 radical (unpaired) electrons. The molecule has 0 spiro atoms. The van der Waals surface area contributed by atoms with Gasteiger partial charge >= 0.3 is 6.18 Å². The lowest BCUT2D eigenvalue weighted by molar-refractivity contribution is -0.144. The Bertz CT molecular complexity index is 1040. The molecule has 0 aliphatic heterocycles. The Morgan fingerprint density at radius 1 is 1.23 bits per heavy atom. The molecule has 3 aromatic rings. The van der Waals surface area contributed by atoms with Crippen LogP contribution in [0.5, 0.6) is 0 Å². The summed E-state index contributed by atoms with van der Waals surface area (Å²) >= 11 is 6.20. The summed E-state index contributed by atoms with van der Waals surface area (Å²) in [6, 6.07) is 4.17. The van der Waals surface area contributed by atoms with Gasteiger partial charge in [0, 0.05) is 28.5 Å². The Balaban J connectivity index is 2.23. The highest BCUT2D eigenvalue weighted by Gasteiger charge is 2.40. The minimum Gasteiger partial charge on any atom is -0.391 e. The molecule has 2 heterocycles. The molecule has 0 bridgehead atoms. The third-order valence-corrected chi connectivity index (χ3v) is 4.91. The Morgan fingerprint density at radius 3 is 2.52 bits per heavy atom. The van der Waals surface area contributed by atoms with E-state index in [1.54, 1.807) is 13.8 Å². The highest BCUT2D eigenvalue weighted by Crippen LogP contribution is 2.42. The molecule has 0 aliphatic carbocycles. The first-order chi connectivity index (χ1) is 14.5. The predicted octanol–water partition coefficient (Wildman–Crippen LogP) is 5.66. The molecule has 0 amide bonds. The number of nitrogens with one attached hydrogen (secondary N) is 1. The molecular weight excluding hydrogens is 438 g/mol. The Kier molecular flexibility index (Phi) is 6.78. The fourth-order valence-electron chi connectivity index (χ4n) is 3.33. The van der Waals surface area contributed by atoms with E-state index in [9.17, 15) is 22.7 Å². The quantitative estimate of drug-likeness (QED) is 0.448. The third kappa shape index (κ3) is 4.94. The molecule has 1 atom stereocenters. The second kappa shape index (κ2) is 9.02. The topological polar surface area (TPSA) is 63.1 Å². The van der Waals surface area contributed by atoms with Crippen LogP contribution in [0.2, 0.25) is 5.02 Å². The SMILES string of the molecule is CC(C)OCc1c(-c2c(F)cccc2Cl)c[nH]c1-c1cnn(C[C@@H](C)O)c1C(F)(F)F. The number of hydrogen-bond donors (Lipinski definition) is 2. The minimum absolute atomic E-state index is 0.0685. The highest BCUT2D eigenvalue weighted by atomic mass is 35.5. The average Bonchev–Trinajstić information content (AvgIpc) is 3.23. The molecule has 168 valence electrons. The van der Waals surface area contributed by atoms with Crippen LogP contribution in [-0.2, 0) is 24.1 Å². The van der Waals surface area contributed by atoms with Crippen molar-refractivity contribution in [3.8, 4) is 22.4 Å². The molecule has 10 heteroatoms. The van der Waals surface area contributed by atoms with Gasteiger partial charge in [-0.2, -0.15) is 18.3 Å². The van der Waals surface area contributed by atoms with Gasteiger partial charge in [0.05, 0.1) is 42.3 Å². The summed E-state index contributed by atoms with van der Waals surface area (Å²) < 4.78 is 62.7. The standard InChI is InChI=1S/C21H22ClF4N3O2/c1-11(2)31-10-15-13(18-16(22)5-4-6-17(18)23)7-27-19(15)14-8-28-29(9-12(3)30)20(14)21(24,25)26/h4-8,11-12,27,30H,9-10H2,1-3H3/t12-/m1/s1. The number of aromatic amines is 1. The van der Waals surface area contributed by atoms with Crippen molar-refractivity contribution >= 4 is 11.6 Å². The fraction of sp³-hybridized carbons (Fsp3) is 0.381. The number of hydrogen-bond acceptors (Lipinski definition) is 3.